The van der Waals surface area contributed by atoms with Gasteiger partial charge in [0.1, 0.15) is 27.7 Å². The zero-order valence-corrected chi connectivity index (χ0v) is 11.8. The number of fused-ring (bicyclic) bond motifs is 2. The molecule has 0 radical (unpaired) electrons. The van der Waals surface area contributed by atoms with Crippen molar-refractivity contribution < 1.29 is 0 Å². The van der Waals surface area contributed by atoms with Gasteiger partial charge < -0.3 is 14.7 Å². The molecule has 4 heterocycles. The van der Waals surface area contributed by atoms with Gasteiger partial charge in [-0.3, -0.25) is 0 Å². The minimum atomic E-state index is 0.636. The molecule has 0 saturated heterocycles. The molecule has 0 saturated carbocycles. The third-order valence-corrected chi connectivity index (χ3v) is 3.95. The second kappa shape index (κ2) is 4.70. The highest BCUT2D eigenvalue weighted by Crippen LogP contribution is 2.31. The van der Waals surface area contributed by atoms with E-state index in [4.69, 9.17) is 0 Å². The maximum Gasteiger partial charge on any atom is 0.181 e. The SMILES string of the molecule is CNc1cn2ccnc2c(Sc2ncnc3nc[nH]c23)n1. The number of imidazole rings is 2. The van der Waals surface area contributed by atoms with Gasteiger partial charge in [-0.15, -0.1) is 0 Å². The Morgan fingerprint density at radius 2 is 2.14 bits per heavy atom. The third-order valence-electron chi connectivity index (χ3n) is 2.98. The number of H-pyrrole nitrogens is 1. The molecule has 0 aromatic carbocycles. The fourth-order valence-corrected chi connectivity index (χ4v) is 2.93. The zero-order valence-electron chi connectivity index (χ0n) is 11.0. The molecular weight excluding hydrogens is 288 g/mol. The average Bonchev–Trinajstić information content (AvgIpc) is 3.16. The average molecular weight is 298 g/mol. The summed E-state index contributed by atoms with van der Waals surface area (Å²) in [5, 5.41) is 4.57. The predicted octanol–water partition coefficient (Wildman–Crippen LogP) is 1.59. The van der Waals surface area contributed by atoms with Crippen LogP contribution in [0.25, 0.3) is 16.8 Å². The summed E-state index contributed by atoms with van der Waals surface area (Å²) in [7, 11) is 1.83. The van der Waals surface area contributed by atoms with Gasteiger partial charge in [0.15, 0.2) is 11.3 Å². The maximum absolute atomic E-state index is 4.55. The minimum absolute atomic E-state index is 0.636. The number of hydrogen-bond acceptors (Lipinski definition) is 7. The quantitative estimate of drug-likeness (QED) is 0.554. The molecule has 9 heteroatoms. The van der Waals surface area contributed by atoms with Crippen molar-refractivity contribution in [3.8, 4) is 0 Å². The van der Waals surface area contributed by atoms with Gasteiger partial charge in [-0.2, -0.15) is 0 Å². The molecule has 4 aromatic heterocycles. The van der Waals surface area contributed by atoms with Crippen molar-refractivity contribution in [3.63, 3.8) is 0 Å². The van der Waals surface area contributed by atoms with E-state index in [1.165, 1.54) is 18.1 Å². The van der Waals surface area contributed by atoms with Crippen molar-refractivity contribution in [1.82, 2.24) is 34.3 Å². The van der Waals surface area contributed by atoms with Crippen molar-refractivity contribution in [3.05, 3.63) is 31.2 Å². The Labute approximate surface area is 123 Å². The molecule has 0 aliphatic heterocycles. The molecule has 0 aliphatic carbocycles. The Morgan fingerprint density at radius 3 is 3.05 bits per heavy atom. The predicted molar refractivity (Wildman–Crippen MR) is 78.3 cm³/mol. The van der Waals surface area contributed by atoms with E-state index in [9.17, 15) is 0 Å². The number of hydrogen-bond donors (Lipinski definition) is 2. The van der Waals surface area contributed by atoms with Gasteiger partial charge in [-0.25, -0.2) is 24.9 Å². The summed E-state index contributed by atoms with van der Waals surface area (Å²) in [4.78, 5) is 24.5. The van der Waals surface area contributed by atoms with E-state index in [1.807, 2.05) is 23.8 Å². The molecule has 104 valence electrons. The lowest BCUT2D eigenvalue weighted by Crippen LogP contribution is -1.98. The molecule has 0 atom stereocenters. The number of aromatic nitrogens is 7. The van der Waals surface area contributed by atoms with Gasteiger partial charge in [-0.05, 0) is 11.8 Å². The fourth-order valence-electron chi connectivity index (χ4n) is 2.00. The van der Waals surface area contributed by atoms with Crippen LogP contribution in [0.15, 0.2) is 41.3 Å². The van der Waals surface area contributed by atoms with Gasteiger partial charge in [-0.1, -0.05) is 0 Å². The van der Waals surface area contributed by atoms with Gasteiger partial charge >= 0.3 is 0 Å². The number of nitrogens with zero attached hydrogens (tertiary/aromatic N) is 6. The Morgan fingerprint density at radius 1 is 1.19 bits per heavy atom. The first-order valence-electron chi connectivity index (χ1n) is 6.18. The molecule has 4 aromatic rings. The molecule has 8 nitrogen and oxygen atoms in total. The summed E-state index contributed by atoms with van der Waals surface area (Å²) in [6, 6.07) is 0. The van der Waals surface area contributed by atoms with Crippen LogP contribution in [0.5, 0.6) is 0 Å². The molecule has 2 N–H and O–H groups in total. The first-order valence-corrected chi connectivity index (χ1v) is 7.00. The van der Waals surface area contributed by atoms with Crippen LogP contribution in [0, 0.1) is 0 Å². The van der Waals surface area contributed by atoms with E-state index >= 15 is 0 Å². The number of aromatic amines is 1. The van der Waals surface area contributed by atoms with Crippen LogP contribution in [-0.2, 0) is 0 Å². The van der Waals surface area contributed by atoms with E-state index in [-0.39, 0.29) is 0 Å². The van der Waals surface area contributed by atoms with E-state index in [0.29, 0.717) is 5.65 Å². The minimum Gasteiger partial charge on any atom is -0.372 e. The first-order chi connectivity index (χ1) is 10.3. The highest BCUT2D eigenvalue weighted by Gasteiger charge is 2.13. The second-order valence-corrected chi connectivity index (χ2v) is 5.20. The van der Waals surface area contributed by atoms with E-state index in [0.717, 1.165) is 27.0 Å². The molecule has 0 bridgehead atoms. The van der Waals surface area contributed by atoms with Crippen LogP contribution < -0.4 is 5.32 Å². The number of anilines is 1. The molecule has 21 heavy (non-hydrogen) atoms. The van der Waals surface area contributed by atoms with Crippen LogP contribution >= 0.6 is 11.8 Å². The van der Waals surface area contributed by atoms with Crippen LogP contribution in [0.1, 0.15) is 0 Å². The van der Waals surface area contributed by atoms with Gasteiger partial charge in [0.05, 0.1) is 12.5 Å². The molecule has 0 fully saturated rings. The number of nitrogens with one attached hydrogen (secondary N) is 2. The zero-order chi connectivity index (χ0) is 14.2. The van der Waals surface area contributed by atoms with Gasteiger partial charge in [0, 0.05) is 19.4 Å². The van der Waals surface area contributed by atoms with E-state index in [2.05, 4.69) is 35.2 Å². The fraction of sp³-hybridized carbons (Fsp3) is 0.0833. The largest absolute Gasteiger partial charge is 0.372 e. The summed E-state index contributed by atoms with van der Waals surface area (Å²) in [5.41, 5.74) is 2.21. The summed E-state index contributed by atoms with van der Waals surface area (Å²) in [6.07, 6.45) is 8.61. The van der Waals surface area contributed by atoms with E-state index < -0.39 is 0 Å². The van der Waals surface area contributed by atoms with Gasteiger partial charge in [0.2, 0.25) is 0 Å². The maximum atomic E-state index is 4.55. The molecule has 0 spiro atoms. The monoisotopic (exact) mass is 298 g/mol. The lowest BCUT2D eigenvalue weighted by atomic mass is 10.6. The summed E-state index contributed by atoms with van der Waals surface area (Å²) in [5.74, 6) is 0.762. The summed E-state index contributed by atoms with van der Waals surface area (Å²) in [6.45, 7) is 0. The summed E-state index contributed by atoms with van der Waals surface area (Å²) < 4.78 is 1.92. The van der Waals surface area contributed by atoms with Crippen molar-refractivity contribution in [2.45, 2.75) is 10.1 Å². The third kappa shape index (κ3) is 1.98. The highest BCUT2D eigenvalue weighted by atomic mass is 32.2. The second-order valence-electron chi connectivity index (χ2n) is 4.22. The Bertz CT molecular complexity index is 927. The summed E-state index contributed by atoms with van der Waals surface area (Å²) >= 11 is 1.43. The smallest absolute Gasteiger partial charge is 0.181 e. The lowest BCUT2D eigenvalue weighted by molar-refractivity contribution is 1.02. The molecule has 4 rings (SSSR count). The molecule has 0 unspecified atom stereocenters. The van der Waals surface area contributed by atoms with E-state index in [1.54, 1.807) is 12.5 Å². The normalized spacial score (nSPS) is 11.3. The van der Waals surface area contributed by atoms with Crippen molar-refractivity contribution in [2.75, 3.05) is 12.4 Å². The highest BCUT2D eigenvalue weighted by molar-refractivity contribution is 7.99. The van der Waals surface area contributed by atoms with Crippen LogP contribution in [-0.4, -0.2) is 41.4 Å². The van der Waals surface area contributed by atoms with Gasteiger partial charge in [0.25, 0.3) is 0 Å². The number of rotatable bonds is 3. The van der Waals surface area contributed by atoms with Crippen LogP contribution in [0.2, 0.25) is 0 Å². The first kappa shape index (κ1) is 12.1. The molecule has 0 aliphatic rings. The van der Waals surface area contributed by atoms with Crippen molar-refractivity contribution in [2.24, 2.45) is 0 Å². The molecule has 0 amide bonds. The topological polar surface area (TPSA) is 96.7 Å². The van der Waals surface area contributed by atoms with Crippen LogP contribution in [0.3, 0.4) is 0 Å². The standard InChI is InChI=1S/C12H10N8S/c1-13-7-4-20-3-2-14-10(20)12(19-7)21-11-8-9(16-5-15-8)17-6-18-11/h2-6,13H,1H3,(H,15,16,17,18). The van der Waals surface area contributed by atoms with Crippen molar-refractivity contribution >= 4 is 34.4 Å². The Balaban J connectivity index is 1.87. The van der Waals surface area contributed by atoms with Crippen molar-refractivity contribution in [1.29, 1.82) is 0 Å². The molecular formula is C12H10N8S. The lowest BCUT2D eigenvalue weighted by Gasteiger charge is -2.06. The Hall–Kier alpha value is -2.68. The Kier molecular flexibility index (Phi) is 2.71. The van der Waals surface area contributed by atoms with Crippen LogP contribution in [0.4, 0.5) is 5.82 Å².